The molecule has 0 aliphatic carbocycles. The van der Waals surface area contributed by atoms with Crippen LogP contribution in [0.4, 0.5) is 10.2 Å². The summed E-state index contributed by atoms with van der Waals surface area (Å²) in [5, 5.41) is 6.95. The third kappa shape index (κ3) is 5.59. The van der Waals surface area contributed by atoms with Crippen LogP contribution in [0, 0.1) is 12.7 Å². The number of nitrogens with zero attached hydrogens (tertiary/aromatic N) is 2. The van der Waals surface area contributed by atoms with Crippen molar-refractivity contribution < 1.29 is 28.2 Å². The molecule has 9 heteroatoms. The number of esters is 1. The van der Waals surface area contributed by atoms with Gasteiger partial charge in [-0.3, -0.25) is 9.59 Å². The number of hydrogen-bond donors (Lipinski definition) is 1. The third-order valence-electron chi connectivity index (χ3n) is 4.36. The number of aromatic nitrogens is 2. The third-order valence-corrected chi connectivity index (χ3v) is 4.36. The highest BCUT2D eigenvalue weighted by Crippen LogP contribution is 2.25. The van der Waals surface area contributed by atoms with Crippen molar-refractivity contribution in [1.29, 1.82) is 0 Å². The van der Waals surface area contributed by atoms with Gasteiger partial charge in [0.05, 0.1) is 32.0 Å². The largest absolute Gasteiger partial charge is 0.497 e. The van der Waals surface area contributed by atoms with Crippen molar-refractivity contribution in [3.8, 4) is 17.2 Å². The van der Waals surface area contributed by atoms with Gasteiger partial charge in [0.2, 0.25) is 0 Å². The number of rotatable bonds is 8. The Morgan fingerprint density at radius 3 is 2.48 bits per heavy atom. The second-order valence-corrected chi connectivity index (χ2v) is 6.62. The van der Waals surface area contributed by atoms with Crippen LogP contribution in [0.3, 0.4) is 0 Å². The van der Waals surface area contributed by atoms with Gasteiger partial charge in [-0.05, 0) is 37.3 Å². The molecule has 8 nitrogen and oxygen atoms in total. The number of hydrogen-bond acceptors (Lipinski definition) is 6. The lowest BCUT2D eigenvalue weighted by atomic mass is 10.1. The van der Waals surface area contributed by atoms with Gasteiger partial charge in [0.15, 0.2) is 6.61 Å². The molecule has 1 heterocycles. The van der Waals surface area contributed by atoms with Crippen molar-refractivity contribution in [3.05, 3.63) is 65.6 Å². The molecule has 162 valence electrons. The van der Waals surface area contributed by atoms with E-state index in [-0.39, 0.29) is 12.2 Å². The summed E-state index contributed by atoms with van der Waals surface area (Å²) in [4.78, 5) is 24.5. The van der Waals surface area contributed by atoms with Crippen LogP contribution in [0.25, 0.3) is 5.69 Å². The zero-order valence-corrected chi connectivity index (χ0v) is 17.3. The molecule has 0 radical (unpaired) electrons. The minimum Gasteiger partial charge on any atom is -0.497 e. The van der Waals surface area contributed by atoms with Gasteiger partial charge in [0.1, 0.15) is 23.1 Å². The average molecular weight is 427 g/mol. The monoisotopic (exact) mass is 427 g/mol. The Balaban J connectivity index is 1.60. The minimum atomic E-state index is -0.582. The highest BCUT2D eigenvalue weighted by Gasteiger charge is 2.15. The number of amides is 1. The number of ether oxygens (including phenoxy) is 3. The van der Waals surface area contributed by atoms with Crippen LogP contribution in [0.2, 0.25) is 0 Å². The molecule has 0 aliphatic rings. The number of methoxy groups -OCH3 is 2. The van der Waals surface area contributed by atoms with Crippen molar-refractivity contribution in [3.63, 3.8) is 0 Å². The average Bonchev–Trinajstić information content (AvgIpc) is 3.12. The smallest absolute Gasteiger partial charge is 0.310 e. The van der Waals surface area contributed by atoms with E-state index in [9.17, 15) is 14.0 Å². The zero-order chi connectivity index (χ0) is 22.4. The number of carbonyl (C=O) groups excluding carboxylic acids is 2. The van der Waals surface area contributed by atoms with Crippen molar-refractivity contribution in [2.75, 3.05) is 26.1 Å². The van der Waals surface area contributed by atoms with Gasteiger partial charge in [-0.2, -0.15) is 5.10 Å². The summed E-state index contributed by atoms with van der Waals surface area (Å²) in [6, 6.07) is 12.4. The Bertz CT molecular complexity index is 1080. The predicted molar refractivity (Wildman–Crippen MR) is 111 cm³/mol. The van der Waals surface area contributed by atoms with Crippen molar-refractivity contribution in [2.24, 2.45) is 0 Å². The fourth-order valence-corrected chi connectivity index (χ4v) is 2.90. The van der Waals surface area contributed by atoms with Gasteiger partial charge >= 0.3 is 5.97 Å². The minimum absolute atomic E-state index is 0.0624. The molecule has 1 aromatic heterocycles. The summed E-state index contributed by atoms with van der Waals surface area (Å²) in [5.41, 5.74) is 1.84. The second kappa shape index (κ2) is 9.75. The number of benzene rings is 2. The van der Waals surface area contributed by atoms with Gasteiger partial charge in [-0.1, -0.05) is 6.07 Å². The molecule has 2 aromatic carbocycles. The first-order valence-electron chi connectivity index (χ1n) is 9.38. The second-order valence-electron chi connectivity index (χ2n) is 6.62. The SMILES string of the molecule is COc1ccc(CC(=O)OCC(=O)Nc2cc(C)nn2-c2ccc(F)cc2)c(OC)c1. The molecule has 3 aromatic rings. The molecule has 0 saturated heterocycles. The molecule has 0 aliphatic heterocycles. The summed E-state index contributed by atoms with van der Waals surface area (Å²) in [5.74, 6) is -0.0263. The molecule has 0 unspecified atom stereocenters. The van der Waals surface area contributed by atoms with Crippen LogP contribution in [0.5, 0.6) is 11.5 Å². The molecule has 0 fully saturated rings. The maximum atomic E-state index is 13.2. The number of anilines is 1. The van der Waals surface area contributed by atoms with E-state index in [1.165, 1.54) is 31.0 Å². The van der Waals surface area contributed by atoms with Gasteiger partial charge < -0.3 is 19.5 Å². The topological polar surface area (TPSA) is 91.7 Å². The van der Waals surface area contributed by atoms with Crippen LogP contribution in [-0.4, -0.2) is 42.5 Å². The predicted octanol–water partition coefficient (Wildman–Crippen LogP) is 3.06. The van der Waals surface area contributed by atoms with Crippen LogP contribution in [0.1, 0.15) is 11.3 Å². The molecule has 1 N–H and O–H groups in total. The summed E-state index contributed by atoms with van der Waals surface area (Å²) >= 11 is 0. The van der Waals surface area contributed by atoms with E-state index >= 15 is 0 Å². The van der Waals surface area contributed by atoms with E-state index in [1.807, 2.05) is 0 Å². The van der Waals surface area contributed by atoms with Crippen LogP contribution >= 0.6 is 0 Å². The van der Waals surface area contributed by atoms with Crippen LogP contribution < -0.4 is 14.8 Å². The van der Waals surface area contributed by atoms with E-state index in [2.05, 4.69) is 10.4 Å². The molecule has 31 heavy (non-hydrogen) atoms. The molecule has 3 rings (SSSR count). The number of halogens is 1. The van der Waals surface area contributed by atoms with E-state index in [0.717, 1.165) is 0 Å². The first-order valence-corrected chi connectivity index (χ1v) is 9.38. The first kappa shape index (κ1) is 21.8. The Hall–Kier alpha value is -3.88. The fourth-order valence-electron chi connectivity index (χ4n) is 2.90. The van der Waals surface area contributed by atoms with Gasteiger partial charge in [-0.15, -0.1) is 0 Å². The lowest BCUT2D eigenvalue weighted by Gasteiger charge is -2.11. The summed E-state index contributed by atoms with van der Waals surface area (Å²) in [6.45, 7) is 1.29. The van der Waals surface area contributed by atoms with E-state index < -0.39 is 18.5 Å². The fraction of sp³-hybridized carbons (Fsp3) is 0.227. The molecule has 1 amide bonds. The maximum Gasteiger partial charge on any atom is 0.310 e. The van der Waals surface area contributed by atoms with Gasteiger partial charge in [0.25, 0.3) is 5.91 Å². The lowest BCUT2D eigenvalue weighted by Crippen LogP contribution is -2.23. The summed E-state index contributed by atoms with van der Waals surface area (Å²) < 4.78 is 30.1. The quantitative estimate of drug-likeness (QED) is 0.556. The Morgan fingerprint density at radius 1 is 1.06 bits per heavy atom. The number of nitrogens with one attached hydrogen (secondary N) is 1. The van der Waals surface area contributed by atoms with Gasteiger partial charge in [0, 0.05) is 17.7 Å². The maximum absolute atomic E-state index is 13.2. The molecular weight excluding hydrogens is 405 g/mol. The van der Waals surface area contributed by atoms with Crippen LogP contribution in [0.15, 0.2) is 48.5 Å². The van der Waals surface area contributed by atoms with Gasteiger partial charge in [-0.25, -0.2) is 9.07 Å². The highest BCUT2D eigenvalue weighted by molar-refractivity contribution is 5.92. The standard InChI is InChI=1S/C22H22FN3O5/c1-14-10-20(26(25-14)17-7-5-16(23)6-8-17)24-21(27)13-31-22(28)11-15-4-9-18(29-2)12-19(15)30-3/h4-10,12H,11,13H2,1-3H3,(H,24,27). The first-order chi connectivity index (χ1) is 14.9. The van der Waals surface area contributed by atoms with Crippen molar-refractivity contribution in [2.45, 2.75) is 13.3 Å². The Morgan fingerprint density at radius 2 is 1.81 bits per heavy atom. The lowest BCUT2D eigenvalue weighted by molar-refractivity contribution is -0.146. The zero-order valence-electron chi connectivity index (χ0n) is 17.3. The molecule has 0 spiro atoms. The van der Waals surface area contributed by atoms with Crippen LogP contribution in [-0.2, 0) is 20.7 Å². The van der Waals surface area contributed by atoms with E-state index in [1.54, 1.807) is 43.3 Å². The summed E-state index contributed by atoms with van der Waals surface area (Å²) in [7, 11) is 3.02. The van der Waals surface area contributed by atoms with Crippen molar-refractivity contribution >= 4 is 17.7 Å². The molecule has 0 atom stereocenters. The Labute approximate surface area is 178 Å². The molecular formula is C22H22FN3O5. The normalized spacial score (nSPS) is 10.5. The number of carbonyl (C=O) groups is 2. The molecule has 0 bridgehead atoms. The number of aryl methyl sites for hydroxylation is 1. The Kier molecular flexibility index (Phi) is 6.86. The molecule has 0 saturated carbocycles. The van der Waals surface area contributed by atoms with Crippen molar-refractivity contribution in [1.82, 2.24) is 9.78 Å². The van der Waals surface area contributed by atoms with E-state index in [0.29, 0.717) is 34.3 Å². The highest BCUT2D eigenvalue weighted by atomic mass is 19.1. The van der Waals surface area contributed by atoms with E-state index in [4.69, 9.17) is 14.2 Å². The summed E-state index contributed by atoms with van der Waals surface area (Å²) in [6.07, 6.45) is -0.0624.